The van der Waals surface area contributed by atoms with Crippen LogP contribution in [0.5, 0.6) is 0 Å². The van der Waals surface area contributed by atoms with E-state index in [-0.39, 0.29) is 12.0 Å². The minimum absolute atomic E-state index is 0.125. The molecule has 0 aliphatic heterocycles. The smallest absolute Gasteiger partial charge is 0.228 e. The van der Waals surface area contributed by atoms with Crippen molar-refractivity contribution in [1.82, 2.24) is 0 Å². The summed E-state index contributed by atoms with van der Waals surface area (Å²) in [5.41, 5.74) is 6.71. The highest BCUT2D eigenvalue weighted by Crippen LogP contribution is 2.23. The summed E-state index contributed by atoms with van der Waals surface area (Å²) in [5, 5.41) is 2.58. The fourth-order valence-corrected chi connectivity index (χ4v) is 2.06. The Balaban J connectivity index is 2.09. The van der Waals surface area contributed by atoms with E-state index in [0.29, 0.717) is 11.4 Å². The molecular weight excluding hydrogens is 330 g/mol. The van der Waals surface area contributed by atoms with Crippen molar-refractivity contribution in [2.75, 3.05) is 11.1 Å². The van der Waals surface area contributed by atoms with Crippen molar-refractivity contribution < 1.29 is 13.6 Å². The summed E-state index contributed by atoms with van der Waals surface area (Å²) >= 11 is 3.25. The van der Waals surface area contributed by atoms with Crippen LogP contribution in [0.4, 0.5) is 20.2 Å². The number of nitrogen functional groups attached to an aromatic ring is 1. The number of hydrogen-bond donors (Lipinski definition) is 2. The van der Waals surface area contributed by atoms with Gasteiger partial charge >= 0.3 is 0 Å². The lowest BCUT2D eigenvalue weighted by Crippen LogP contribution is -2.16. The van der Waals surface area contributed by atoms with Gasteiger partial charge in [0.15, 0.2) is 0 Å². The number of carbonyl (C=O) groups is 1. The maximum absolute atomic E-state index is 13.4. The minimum atomic E-state index is -0.746. The van der Waals surface area contributed by atoms with Crippen LogP contribution >= 0.6 is 15.9 Å². The largest absolute Gasteiger partial charge is 0.397 e. The minimum Gasteiger partial charge on any atom is -0.397 e. The summed E-state index contributed by atoms with van der Waals surface area (Å²) in [4.78, 5) is 11.8. The number of nitrogens with two attached hydrogens (primary N) is 1. The van der Waals surface area contributed by atoms with Gasteiger partial charge < -0.3 is 11.1 Å². The molecule has 0 bridgehead atoms. The Bertz CT molecular complexity index is 606. The molecule has 104 valence electrons. The molecule has 2 aromatic carbocycles. The molecule has 0 fully saturated rings. The van der Waals surface area contributed by atoms with Crippen LogP contribution < -0.4 is 11.1 Å². The third kappa shape index (κ3) is 3.54. The second-order valence-corrected chi connectivity index (χ2v) is 5.11. The van der Waals surface area contributed by atoms with Crippen LogP contribution in [0.1, 0.15) is 5.56 Å². The Labute approximate surface area is 122 Å². The van der Waals surface area contributed by atoms with E-state index in [2.05, 4.69) is 21.2 Å². The number of benzene rings is 2. The second kappa shape index (κ2) is 6.00. The van der Waals surface area contributed by atoms with Gasteiger partial charge in [-0.3, -0.25) is 4.79 Å². The number of nitrogens with one attached hydrogen (secondary N) is 1. The highest BCUT2D eigenvalue weighted by molar-refractivity contribution is 9.10. The predicted molar refractivity (Wildman–Crippen MR) is 77.2 cm³/mol. The van der Waals surface area contributed by atoms with Crippen LogP contribution in [0, 0.1) is 11.6 Å². The summed E-state index contributed by atoms with van der Waals surface area (Å²) in [6.07, 6.45) is -0.193. The maximum Gasteiger partial charge on any atom is 0.228 e. The first kappa shape index (κ1) is 14.5. The molecular formula is C14H11BrF2N2O. The lowest BCUT2D eigenvalue weighted by molar-refractivity contribution is -0.115. The van der Waals surface area contributed by atoms with Crippen LogP contribution in [-0.2, 0) is 11.2 Å². The van der Waals surface area contributed by atoms with Crippen LogP contribution in [0.15, 0.2) is 40.9 Å². The monoisotopic (exact) mass is 340 g/mol. The van der Waals surface area contributed by atoms with Gasteiger partial charge in [-0.25, -0.2) is 8.78 Å². The van der Waals surface area contributed by atoms with Gasteiger partial charge in [-0.15, -0.1) is 0 Å². The highest BCUT2D eigenvalue weighted by Gasteiger charge is 2.10. The predicted octanol–water partition coefficient (Wildman–Crippen LogP) is 3.49. The summed E-state index contributed by atoms with van der Waals surface area (Å²) in [6.45, 7) is 0. The Morgan fingerprint density at radius 2 is 1.95 bits per heavy atom. The third-order valence-electron chi connectivity index (χ3n) is 2.65. The number of hydrogen-bond acceptors (Lipinski definition) is 2. The zero-order valence-corrected chi connectivity index (χ0v) is 11.9. The molecule has 20 heavy (non-hydrogen) atoms. The van der Waals surface area contributed by atoms with E-state index in [0.717, 1.165) is 16.6 Å². The normalized spacial score (nSPS) is 10.3. The van der Waals surface area contributed by atoms with E-state index in [1.54, 1.807) is 18.2 Å². The standard InChI is InChI=1S/C14H11BrF2N2O/c15-9-2-4-13(12(18)6-9)19-14(20)5-8-1-3-10(16)7-11(8)17/h1-4,6-7H,5,18H2,(H,19,20). The fraction of sp³-hybridized carbons (Fsp3) is 0.0714. The van der Waals surface area contributed by atoms with Crippen LogP contribution in [-0.4, -0.2) is 5.91 Å². The van der Waals surface area contributed by atoms with Gasteiger partial charge in [0.1, 0.15) is 11.6 Å². The maximum atomic E-state index is 13.4. The van der Waals surface area contributed by atoms with E-state index >= 15 is 0 Å². The van der Waals surface area contributed by atoms with Crippen molar-refractivity contribution >= 4 is 33.2 Å². The van der Waals surface area contributed by atoms with E-state index in [1.807, 2.05) is 0 Å². The molecule has 0 unspecified atom stereocenters. The van der Waals surface area contributed by atoms with Gasteiger partial charge in [0.25, 0.3) is 0 Å². The lowest BCUT2D eigenvalue weighted by atomic mass is 10.1. The van der Waals surface area contributed by atoms with Gasteiger partial charge in [0.05, 0.1) is 17.8 Å². The van der Waals surface area contributed by atoms with Crippen molar-refractivity contribution in [3.05, 3.63) is 58.1 Å². The number of halogens is 3. The van der Waals surface area contributed by atoms with E-state index in [9.17, 15) is 13.6 Å². The molecule has 3 N–H and O–H groups in total. The molecule has 6 heteroatoms. The second-order valence-electron chi connectivity index (χ2n) is 4.19. The van der Waals surface area contributed by atoms with E-state index in [1.165, 1.54) is 6.07 Å². The van der Waals surface area contributed by atoms with Crippen molar-refractivity contribution in [3.63, 3.8) is 0 Å². The molecule has 0 saturated carbocycles. The van der Waals surface area contributed by atoms with Crippen molar-refractivity contribution in [3.8, 4) is 0 Å². The molecule has 2 aromatic rings. The third-order valence-corrected chi connectivity index (χ3v) is 3.15. The Morgan fingerprint density at radius 1 is 1.20 bits per heavy atom. The highest BCUT2D eigenvalue weighted by atomic mass is 79.9. The molecule has 1 amide bonds. The average molecular weight is 341 g/mol. The van der Waals surface area contributed by atoms with Crippen molar-refractivity contribution in [2.45, 2.75) is 6.42 Å². The molecule has 3 nitrogen and oxygen atoms in total. The lowest BCUT2D eigenvalue weighted by Gasteiger charge is -2.09. The van der Waals surface area contributed by atoms with Crippen molar-refractivity contribution in [1.29, 1.82) is 0 Å². The van der Waals surface area contributed by atoms with Gasteiger partial charge in [0.2, 0.25) is 5.91 Å². The van der Waals surface area contributed by atoms with E-state index < -0.39 is 17.5 Å². The molecule has 0 saturated heterocycles. The summed E-state index contributed by atoms with van der Waals surface area (Å²) in [6, 6.07) is 8.11. The fourth-order valence-electron chi connectivity index (χ4n) is 1.68. The molecule has 0 atom stereocenters. The van der Waals surface area contributed by atoms with Gasteiger partial charge in [-0.05, 0) is 29.8 Å². The Morgan fingerprint density at radius 3 is 2.60 bits per heavy atom. The average Bonchev–Trinajstić information content (AvgIpc) is 2.36. The molecule has 0 spiro atoms. The molecule has 2 rings (SSSR count). The van der Waals surface area contributed by atoms with Crippen LogP contribution in [0.3, 0.4) is 0 Å². The quantitative estimate of drug-likeness (QED) is 0.840. The Hall–Kier alpha value is -1.95. The SMILES string of the molecule is Nc1cc(Br)ccc1NC(=O)Cc1ccc(F)cc1F. The number of rotatable bonds is 3. The zero-order valence-electron chi connectivity index (χ0n) is 10.3. The summed E-state index contributed by atoms with van der Waals surface area (Å²) in [5.74, 6) is -1.85. The van der Waals surface area contributed by atoms with Gasteiger partial charge in [-0.1, -0.05) is 22.0 Å². The molecule has 0 aliphatic carbocycles. The first-order chi connectivity index (χ1) is 9.45. The van der Waals surface area contributed by atoms with E-state index in [4.69, 9.17) is 5.73 Å². The van der Waals surface area contributed by atoms with Gasteiger partial charge in [0, 0.05) is 10.5 Å². The Kier molecular flexibility index (Phi) is 4.34. The number of amides is 1. The molecule has 0 heterocycles. The first-order valence-electron chi connectivity index (χ1n) is 5.74. The van der Waals surface area contributed by atoms with Crippen LogP contribution in [0.25, 0.3) is 0 Å². The summed E-state index contributed by atoms with van der Waals surface area (Å²) in [7, 11) is 0. The van der Waals surface area contributed by atoms with Crippen molar-refractivity contribution in [2.24, 2.45) is 0 Å². The molecule has 0 aromatic heterocycles. The van der Waals surface area contributed by atoms with Gasteiger partial charge in [-0.2, -0.15) is 0 Å². The number of carbonyl (C=O) groups excluding carboxylic acids is 1. The zero-order chi connectivity index (χ0) is 14.7. The number of anilines is 2. The topological polar surface area (TPSA) is 55.1 Å². The summed E-state index contributed by atoms with van der Waals surface area (Å²) < 4.78 is 27.0. The first-order valence-corrected chi connectivity index (χ1v) is 6.54. The molecule has 0 aliphatic rings. The molecule has 0 radical (unpaired) electrons. The van der Waals surface area contributed by atoms with Crippen LogP contribution in [0.2, 0.25) is 0 Å².